The van der Waals surface area contributed by atoms with E-state index in [0.29, 0.717) is 5.56 Å². The van der Waals surface area contributed by atoms with Gasteiger partial charge in [-0.05, 0) is 36.2 Å². The zero-order chi connectivity index (χ0) is 11.9. The van der Waals surface area contributed by atoms with E-state index in [9.17, 15) is 8.42 Å². The van der Waals surface area contributed by atoms with E-state index in [0.717, 1.165) is 16.3 Å². The first kappa shape index (κ1) is 11.1. The predicted octanol–water partition coefficient (Wildman–Crippen LogP) is 2.10. The van der Waals surface area contributed by atoms with Crippen LogP contribution in [0.15, 0.2) is 35.2 Å². The summed E-state index contributed by atoms with van der Waals surface area (Å²) in [6.45, 7) is 3.72. The summed E-state index contributed by atoms with van der Waals surface area (Å²) in [5.74, 6) is 0. The van der Waals surface area contributed by atoms with Crippen molar-refractivity contribution in [3.63, 3.8) is 0 Å². The number of sulfonamides is 1. The molecule has 0 fully saturated rings. The number of hydrogen-bond donors (Lipinski definition) is 1. The third-order valence-electron chi connectivity index (χ3n) is 2.60. The zero-order valence-corrected chi connectivity index (χ0v) is 10.0. The second-order valence-electron chi connectivity index (χ2n) is 4.01. The van der Waals surface area contributed by atoms with Crippen molar-refractivity contribution in [2.45, 2.75) is 18.7 Å². The summed E-state index contributed by atoms with van der Waals surface area (Å²) in [7, 11) is -3.64. The normalized spacial score (nSPS) is 11.9. The largest absolute Gasteiger partial charge is 0.238 e. The monoisotopic (exact) mass is 235 g/mol. The summed E-state index contributed by atoms with van der Waals surface area (Å²) in [4.78, 5) is 0.200. The number of nitrogens with two attached hydrogens (primary N) is 1. The van der Waals surface area contributed by atoms with Crippen molar-refractivity contribution in [3.8, 4) is 0 Å². The fourth-order valence-electron chi connectivity index (χ4n) is 1.82. The van der Waals surface area contributed by atoms with Gasteiger partial charge in [0.15, 0.2) is 0 Å². The lowest BCUT2D eigenvalue weighted by atomic mass is 10.1. The third-order valence-corrected chi connectivity index (χ3v) is 3.65. The summed E-state index contributed by atoms with van der Waals surface area (Å²) in [6.07, 6.45) is 0. The third kappa shape index (κ3) is 1.94. The van der Waals surface area contributed by atoms with Gasteiger partial charge >= 0.3 is 0 Å². The number of rotatable bonds is 1. The van der Waals surface area contributed by atoms with Gasteiger partial charge in [-0.1, -0.05) is 29.8 Å². The Morgan fingerprint density at radius 1 is 1.00 bits per heavy atom. The van der Waals surface area contributed by atoms with E-state index in [1.807, 2.05) is 31.2 Å². The highest BCUT2D eigenvalue weighted by atomic mass is 32.2. The van der Waals surface area contributed by atoms with Crippen LogP contribution < -0.4 is 5.14 Å². The number of hydrogen-bond acceptors (Lipinski definition) is 2. The van der Waals surface area contributed by atoms with Gasteiger partial charge in [-0.25, -0.2) is 13.6 Å². The van der Waals surface area contributed by atoms with Gasteiger partial charge in [-0.3, -0.25) is 0 Å². The van der Waals surface area contributed by atoms with Gasteiger partial charge in [-0.2, -0.15) is 0 Å². The topological polar surface area (TPSA) is 60.2 Å². The van der Waals surface area contributed by atoms with E-state index in [1.165, 1.54) is 0 Å². The highest BCUT2D eigenvalue weighted by Crippen LogP contribution is 2.23. The molecule has 2 aromatic rings. The minimum absolute atomic E-state index is 0.200. The number of fused-ring (bicyclic) bond motifs is 1. The Morgan fingerprint density at radius 3 is 2.31 bits per heavy atom. The quantitative estimate of drug-likeness (QED) is 0.822. The molecule has 0 unspecified atom stereocenters. The van der Waals surface area contributed by atoms with Crippen molar-refractivity contribution in [1.82, 2.24) is 0 Å². The maximum atomic E-state index is 11.4. The number of benzene rings is 2. The van der Waals surface area contributed by atoms with E-state index >= 15 is 0 Å². The van der Waals surface area contributed by atoms with E-state index in [1.54, 1.807) is 13.0 Å². The number of aryl methyl sites for hydroxylation is 2. The molecule has 2 rings (SSSR count). The second kappa shape index (κ2) is 3.57. The van der Waals surface area contributed by atoms with Crippen LogP contribution in [0.2, 0.25) is 0 Å². The Hall–Kier alpha value is -1.39. The molecule has 0 bridgehead atoms. The van der Waals surface area contributed by atoms with Gasteiger partial charge < -0.3 is 0 Å². The molecule has 0 heterocycles. The van der Waals surface area contributed by atoms with Crippen molar-refractivity contribution in [1.29, 1.82) is 0 Å². The van der Waals surface area contributed by atoms with Crippen LogP contribution in [-0.4, -0.2) is 8.42 Å². The molecule has 0 radical (unpaired) electrons. The molecule has 0 aliphatic heterocycles. The SMILES string of the molecule is Cc1ccc2cc(C)c(S(N)(=O)=O)cc2c1. The van der Waals surface area contributed by atoms with E-state index in [4.69, 9.17) is 5.14 Å². The van der Waals surface area contributed by atoms with Crippen LogP contribution in [0.4, 0.5) is 0 Å². The van der Waals surface area contributed by atoms with E-state index in [2.05, 4.69) is 0 Å². The lowest BCUT2D eigenvalue weighted by Crippen LogP contribution is -2.13. The predicted molar refractivity (Wildman–Crippen MR) is 64.8 cm³/mol. The molecule has 84 valence electrons. The van der Waals surface area contributed by atoms with Gasteiger partial charge in [0.05, 0.1) is 4.90 Å². The molecular weight excluding hydrogens is 222 g/mol. The van der Waals surface area contributed by atoms with E-state index in [-0.39, 0.29) is 4.90 Å². The highest BCUT2D eigenvalue weighted by molar-refractivity contribution is 7.89. The first-order chi connectivity index (χ1) is 7.38. The van der Waals surface area contributed by atoms with Crippen LogP contribution in [0, 0.1) is 13.8 Å². The zero-order valence-electron chi connectivity index (χ0n) is 9.19. The van der Waals surface area contributed by atoms with Crippen LogP contribution in [0.25, 0.3) is 10.8 Å². The lowest BCUT2D eigenvalue weighted by Gasteiger charge is -2.06. The molecule has 16 heavy (non-hydrogen) atoms. The fraction of sp³-hybridized carbons (Fsp3) is 0.167. The molecule has 2 aromatic carbocycles. The highest BCUT2D eigenvalue weighted by Gasteiger charge is 2.12. The first-order valence-corrected chi connectivity index (χ1v) is 6.46. The molecule has 0 saturated heterocycles. The second-order valence-corrected chi connectivity index (χ2v) is 5.54. The van der Waals surface area contributed by atoms with Crippen molar-refractivity contribution in [3.05, 3.63) is 41.5 Å². The Bertz CT molecular complexity index is 660. The molecule has 0 amide bonds. The molecule has 2 N–H and O–H groups in total. The number of primary sulfonamides is 1. The molecule has 0 atom stereocenters. The summed E-state index contributed by atoms with van der Waals surface area (Å²) in [6, 6.07) is 9.40. The molecule has 0 spiro atoms. The van der Waals surface area contributed by atoms with Crippen molar-refractivity contribution < 1.29 is 8.42 Å². The van der Waals surface area contributed by atoms with Crippen LogP contribution >= 0.6 is 0 Å². The molecule has 3 nitrogen and oxygen atoms in total. The summed E-state index contributed by atoms with van der Waals surface area (Å²) < 4.78 is 22.7. The molecule has 0 aliphatic rings. The van der Waals surface area contributed by atoms with Crippen LogP contribution in [0.1, 0.15) is 11.1 Å². The molecular formula is C12H13NO2S. The van der Waals surface area contributed by atoms with Gasteiger partial charge in [0.2, 0.25) is 10.0 Å². The Labute approximate surface area is 94.9 Å². The summed E-state index contributed by atoms with van der Waals surface area (Å²) >= 11 is 0. The fourth-order valence-corrected chi connectivity index (χ4v) is 2.62. The molecule has 0 aliphatic carbocycles. The minimum Gasteiger partial charge on any atom is -0.225 e. The van der Waals surface area contributed by atoms with Crippen LogP contribution in [0.5, 0.6) is 0 Å². The Morgan fingerprint density at radius 2 is 1.69 bits per heavy atom. The summed E-state index contributed by atoms with van der Waals surface area (Å²) in [5.41, 5.74) is 1.77. The van der Waals surface area contributed by atoms with E-state index < -0.39 is 10.0 Å². The molecule has 0 saturated carbocycles. The smallest absolute Gasteiger partial charge is 0.225 e. The van der Waals surface area contributed by atoms with Gasteiger partial charge in [-0.15, -0.1) is 0 Å². The summed E-state index contributed by atoms with van der Waals surface area (Å²) in [5, 5.41) is 7.08. The van der Waals surface area contributed by atoms with Crippen molar-refractivity contribution in [2.24, 2.45) is 5.14 Å². The van der Waals surface area contributed by atoms with Crippen LogP contribution in [0.3, 0.4) is 0 Å². The average Bonchev–Trinajstić information content (AvgIpc) is 2.16. The first-order valence-electron chi connectivity index (χ1n) is 4.92. The lowest BCUT2D eigenvalue weighted by molar-refractivity contribution is 0.597. The van der Waals surface area contributed by atoms with Gasteiger partial charge in [0.25, 0.3) is 0 Å². The van der Waals surface area contributed by atoms with Gasteiger partial charge in [0.1, 0.15) is 0 Å². The van der Waals surface area contributed by atoms with Crippen LogP contribution in [-0.2, 0) is 10.0 Å². The Kier molecular flexibility index (Phi) is 2.48. The Balaban J connectivity index is 2.84. The average molecular weight is 235 g/mol. The maximum absolute atomic E-state index is 11.4. The maximum Gasteiger partial charge on any atom is 0.238 e. The standard InChI is InChI=1S/C12H13NO2S/c1-8-3-4-10-6-9(2)12(16(13,14)15)7-11(10)5-8/h3-7H,1-2H3,(H2,13,14,15). The molecule has 0 aromatic heterocycles. The van der Waals surface area contributed by atoms with Gasteiger partial charge in [0, 0.05) is 0 Å². The van der Waals surface area contributed by atoms with Crippen molar-refractivity contribution in [2.75, 3.05) is 0 Å². The minimum atomic E-state index is -3.64. The molecule has 4 heteroatoms. The van der Waals surface area contributed by atoms with Crippen molar-refractivity contribution >= 4 is 20.8 Å².